The Morgan fingerprint density at radius 1 is 1.12 bits per heavy atom. The van der Waals surface area contributed by atoms with Crippen molar-refractivity contribution in [3.8, 4) is 0 Å². The third kappa shape index (κ3) is 2.88. The third-order valence-electron chi connectivity index (χ3n) is 4.46. The number of amides is 2. The lowest BCUT2D eigenvalue weighted by molar-refractivity contribution is -0.135. The van der Waals surface area contributed by atoms with Crippen LogP contribution in [0.4, 0.5) is 4.39 Å². The molecule has 24 heavy (non-hydrogen) atoms. The summed E-state index contributed by atoms with van der Waals surface area (Å²) in [7, 11) is 0. The van der Waals surface area contributed by atoms with Gasteiger partial charge >= 0.3 is 0 Å². The van der Waals surface area contributed by atoms with E-state index in [1.165, 1.54) is 18.2 Å². The second-order valence-corrected chi connectivity index (χ2v) is 6.47. The van der Waals surface area contributed by atoms with Crippen molar-refractivity contribution < 1.29 is 18.4 Å². The zero-order valence-corrected chi connectivity index (χ0v) is 14.1. The summed E-state index contributed by atoms with van der Waals surface area (Å²) in [5.74, 6) is -0.247. The molecule has 1 aliphatic rings. The second-order valence-electron chi connectivity index (χ2n) is 6.47. The normalized spacial score (nSPS) is 15.4. The van der Waals surface area contributed by atoms with Crippen LogP contribution in [0.2, 0.25) is 0 Å². The van der Waals surface area contributed by atoms with Gasteiger partial charge in [-0.05, 0) is 25.1 Å². The lowest BCUT2D eigenvalue weighted by Crippen LogP contribution is -2.51. The van der Waals surface area contributed by atoms with Crippen molar-refractivity contribution >= 4 is 22.8 Å². The number of fused-ring (bicyclic) bond motifs is 1. The molecule has 1 aliphatic heterocycles. The van der Waals surface area contributed by atoms with Gasteiger partial charge in [-0.15, -0.1) is 0 Å². The van der Waals surface area contributed by atoms with Crippen LogP contribution in [0.25, 0.3) is 11.0 Å². The van der Waals surface area contributed by atoms with E-state index in [0.29, 0.717) is 42.7 Å². The van der Waals surface area contributed by atoms with Crippen LogP contribution in [0.1, 0.15) is 30.0 Å². The fourth-order valence-electron chi connectivity index (χ4n) is 3.04. The van der Waals surface area contributed by atoms with Gasteiger partial charge < -0.3 is 14.2 Å². The molecule has 1 aromatic carbocycles. The third-order valence-corrected chi connectivity index (χ3v) is 4.46. The maximum atomic E-state index is 13.4. The highest BCUT2D eigenvalue weighted by molar-refractivity contribution is 5.99. The van der Waals surface area contributed by atoms with E-state index in [2.05, 4.69) is 0 Å². The lowest BCUT2D eigenvalue weighted by Gasteiger charge is -2.35. The summed E-state index contributed by atoms with van der Waals surface area (Å²) >= 11 is 0. The van der Waals surface area contributed by atoms with Crippen LogP contribution in [0.5, 0.6) is 0 Å². The van der Waals surface area contributed by atoms with Gasteiger partial charge in [-0.25, -0.2) is 4.39 Å². The molecule has 0 radical (unpaired) electrons. The molecular formula is C18H21FN2O3. The molecule has 2 amide bonds. The van der Waals surface area contributed by atoms with Crippen LogP contribution in [0, 0.1) is 18.7 Å². The SMILES string of the molecule is Cc1c(C(=O)N2CCN(C(=O)C(C)C)CC2)oc2ccc(F)cc12. The van der Waals surface area contributed by atoms with Crippen LogP contribution in [-0.4, -0.2) is 47.8 Å². The minimum Gasteiger partial charge on any atom is -0.451 e. The first-order valence-electron chi connectivity index (χ1n) is 8.15. The summed E-state index contributed by atoms with van der Waals surface area (Å²) < 4.78 is 19.0. The summed E-state index contributed by atoms with van der Waals surface area (Å²) in [5, 5.41) is 0.618. The summed E-state index contributed by atoms with van der Waals surface area (Å²) in [4.78, 5) is 28.2. The van der Waals surface area contributed by atoms with Crippen molar-refractivity contribution in [2.75, 3.05) is 26.2 Å². The predicted octanol–water partition coefficient (Wildman–Crippen LogP) is 2.82. The van der Waals surface area contributed by atoms with Gasteiger partial charge in [0.2, 0.25) is 5.91 Å². The van der Waals surface area contributed by atoms with Crippen molar-refractivity contribution in [1.82, 2.24) is 9.80 Å². The van der Waals surface area contributed by atoms with E-state index in [0.717, 1.165) is 0 Å². The molecule has 0 saturated carbocycles. The van der Waals surface area contributed by atoms with Gasteiger partial charge in [0.15, 0.2) is 5.76 Å². The van der Waals surface area contributed by atoms with Crippen LogP contribution >= 0.6 is 0 Å². The number of carbonyl (C=O) groups is 2. The van der Waals surface area contributed by atoms with E-state index in [-0.39, 0.29) is 29.3 Å². The van der Waals surface area contributed by atoms with Crippen molar-refractivity contribution in [2.24, 2.45) is 5.92 Å². The van der Waals surface area contributed by atoms with Gasteiger partial charge in [-0.2, -0.15) is 0 Å². The molecule has 0 bridgehead atoms. The Morgan fingerprint density at radius 2 is 1.75 bits per heavy atom. The Morgan fingerprint density at radius 3 is 2.38 bits per heavy atom. The van der Waals surface area contributed by atoms with E-state index >= 15 is 0 Å². The first kappa shape index (κ1) is 16.5. The number of furan rings is 1. The van der Waals surface area contributed by atoms with E-state index in [1.54, 1.807) is 16.7 Å². The topological polar surface area (TPSA) is 53.8 Å². The molecule has 0 spiro atoms. The number of nitrogens with zero attached hydrogens (tertiary/aromatic N) is 2. The molecular weight excluding hydrogens is 311 g/mol. The standard InChI is InChI=1S/C18H21FN2O3/c1-11(2)17(22)20-6-8-21(9-7-20)18(23)16-12(3)14-10-13(19)4-5-15(14)24-16/h4-5,10-11H,6-9H2,1-3H3. The first-order valence-corrected chi connectivity index (χ1v) is 8.15. The molecule has 3 rings (SSSR count). The van der Waals surface area contributed by atoms with E-state index in [9.17, 15) is 14.0 Å². The minimum absolute atomic E-state index is 0.0419. The van der Waals surface area contributed by atoms with Crippen molar-refractivity contribution in [2.45, 2.75) is 20.8 Å². The molecule has 0 aliphatic carbocycles. The Labute approximate surface area is 140 Å². The maximum Gasteiger partial charge on any atom is 0.290 e. The van der Waals surface area contributed by atoms with Gasteiger partial charge in [0.25, 0.3) is 5.91 Å². The average Bonchev–Trinajstić information content (AvgIpc) is 2.90. The maximum absolute atomic E-state index is 13.4. The fraction of sp³-hybridized carbons (Fsp3) is 0.444. The van der Waals surface area contributed by atoms with Gasteiger partial charge in [0.05, 0.1) is 0 Å². The molecule has 1 saturated heterocycles. The molecule has 1 aromatic heterocycles. The number of hydrogen-bond acceptors (Lipinski definition) is 3. The van der Waals surface area contributed by atoms with Crippen LogP contribution in [0.3, 0.4) is 0 Å². The zero-order chi connectivity index (χ0) is 17.4. The minimum atomic E-state index is -0.355. The molecule has 6 heteroatoms. The summed E-state index contributed by atoms with van der Waals surface area (Å²) in [6, 6.07) is 4.23. The molecule has 2 aromatic rings. The molecule has 0 atom stereocenters. The number of hydrogen-bond donors (Lipinski definition) is 0. The lowest BCUT2D eigenvalue weighted by atomic mass is 10.1. The number of carbonyl (C=O) groups excluding carboxylic acids is 2. The smallest absolute Gasteiger partial charge is 0.290 e. The summed E-state index contributed by atoms with van der Waals surface area (Å²) in [6.07, 6.45) is 0. The molecule has 0 N–H and O–H groups in total. The molecule has 0 unspecified atom stereocenters. The number of aryl methyl sites for hydroxylation is 1. The molecule has 2 heterocycles. The Bertz CT molecular complexity index is 789. The Hall–Kier alpha value is -2.37. The Kier molecular flexibility index (Phi) is 4.30. The molecule has 5 nitrogen and oxygen atoms in total. The summed E-state index contributed by atoms with van der Waals surface area (Å²) in [5.41, 5.74) is 1.15. The second kappa shape index (κ2) is 6.26. The van der Waals surface area contributed by atoms with Crippen molar-refractivity contribution in [1.29, 1.82) is 0 Å². The van der Waals surface area contributed by atoms with E-state index in [1.807, 2.05) is 13.8 Å². The number of halogens is 1. The first-order chi connectivity index (χ1) is 11.4. The zero-order valence-electron chi connectivity index (χ0n) is 14.1. The summed E-state index contributed by atoms with van der Waals surface area (Å²) in [6.45, 7) is 7.50. The highest BCUT2D eigenvalue weighted by atomic mass is 19.1. The van der Waals surface area contributed by atoms with Crippen LogP contribution in [-0.2, 0) is 4.79 Å². The highest BCUT2D eigenvalue weighted by Crippen LogP contribution is 2.27. The fourth-order valence-corrected chi connectivity index (χ4v) is 3.04. The highest BCUT2D eigenvalue weighted by Gasteiger charge is 2.28. The number of rotatable bonds is 2. The monoisotopic (exact) mass is 332 g/mol. The molecule has 1 fully saturated rings. The average molecular weight is 332 g/mol. The predicted molar refractivity (Wildman–Crippen MR) is 88.2 cm³/mol. The van der Waals surface area contributed by atoms with Crippen molar-refractivity contribution in [3.05, 3.63) is 35.3 Å². The quantitative estimate of drug-likeness (QED) is 0.850. The van der Waals surface area contributed by atoms with Crippen LogP contribution < -0.4 is 0 Å². The molecule has 128 valence electrons. The van der Waals surface area contributed by atoms with Gasteiger partial charge in [0, 0.05) is 43.0 Å². The number of piperazine rings is 1. The van der Waals surface area contributed by atoms with Crippen molar-refractivity contribution in [3.63, 3.8) is 0 Å². The van der Waals surface area contributed by atoms with E-state index in [4.69, 9.17) is 4.42 Å². The Balaban J connectivity index is 1.76. The largest absolute Gasteiger partial charge is 0.451 e. The van der Waals surface area contributed by atoms with Gasteiger partial charge in [-0.1, -0.05) is 13.8 Å². The van der Waals surface area contributed by atoms with Crippen LogP contribution in [0.15, 0.2) is 22.6 Å². The number of benzene rings is 1. The van der Waals surface area contributed by atoms with Gasteiger partial charge in [-0.3, -0.25) is 9.59 Å². The van der Waals surface area contributed by atoms with E-state index < -0.39 is 0 Å². The van der Waals surface area contributed by atoms with Gasteiger partial charge in [0.1, 0.15) is 11.4 Å².